The Hall–Kier alpha value is -3.91. The fourth-order valence-electron chi connectivity index (χ4n) is 8.59. The van der Waals surface area contributed by atoms with Crippen molar-refractivity contribution in [3.05, 3.63) is 40.2 Å². The van der Waals surface area contributed by atoms with Crippen molar-refractivity contribution in [3.63, 3.8) is 0 Å². The number of anilines is 2. The van der Waals surface area contributed by atoms with E-state index in [4.69, 9.17) is 31.8 Å². The Balaban J connectivity index is 1.34. The summed E-state index contributed by atoms with van der Waals surface area (Å²) >= 11 is 6.83. The van der Waals surface area contributed by atoms with Crippen LogP contribution in [0.25, 0.3) is 22.2 Å². The fraction of sp³-hybridized carbons (Fsp3) is 0.500. The van der Waals surface area contributed by atoms with Gasteiger partial charge in [0.2, 0.25) is 6.41 Å². The Labute approximate surface area is 272 Å². The number of nitrogens with zero attached hydrogens (tertiary/aromatic N) is 6. The van der Waals surface area contributed by atoms with E-state index in [1.165, 1.54) is 6.92 Å². The maximum atomic E-state index is 17.0. The Morgan fingerprint density at radius 2 is 2.06 bits per heavy atom. The van der Waals surface area contributed by atoms with E-state index in [-0.39, 0.29) is 70.9 Å². The first-order valence-corrected chi connectivity index (χ1v) is 16.0. The summed E-state index contributed by atoms with van der Waals surface area (Å²) in [5.74, 6) is -1.13. The maximum Gasteiger partial charge on any atom is 0.418 e. The largest absolute Gasteiger partial charge is 0.489 e. The first kappa shape index (κ1) is 30.4. The highest BCUT2D eigenvalue weighted by Gasteiger charge is 2.50. The van der Waals surface area contributed by atoms with Crippen molar-refractivity contribution in [3.8, 4) is 23.0 Å². The van der Waals surface area contributed by atoms with Crippen LogP contribution < -0.4 is 20.1 Å². The maximum absolute atomic E-state index is 17.0. The van der Waals surface area contributed by atoms with E-state index >= 15 is 4.39 Å². The molecule has 5 aliphatic rings. The van der Waals surface area contributed by atoms with Gasteiger partial charge < -0.3 is 25.0 Å². The lowest BCUT2D eigenvalue weighted by Crippen LogP contribution is -2.61. The van der Waals surface area contributed by atoms with Crippen molar-refractivity contribution in [2.24, 2.45) is 0 Å². The van der Waals surface area contributed by atoms with Crippen LogP contribution in [0.2, 0.25) is 5.02 Å². The number of pyridine rings is 1. The molecule has 15 heteroatoms. The summed E-state index contributed by atoms with van der Waals surface area (Å²) in [4.78, 5) is 31.4. The average molecular weight is 674 g/mol. The first-order chi connectivity index (χ1) is 22.4. The van der Waals surface area contributed by atoms with Crippen LogP contribution in [0.4, 0.5) is 29.2 Å². The van der Waals surface area contributed by atoms with Crippen molar-refractivity contribution < 1.29 is 31.8 Å². The second-order valence-corrected chi connectivity index (χ2v) is 13.7. The molecule has 8 rings (SSSR count). The highest BCUT2D eigenvalue weighted by atomic mass is 35.5. The first-order valence-electron chi connectivity index (χ1n) is 15.6. The number of halogens is 5. The van der Waals surface area contributed by atoms with Gasteiger partial charge in [-0.15, -0.1) is 0 Å². The molecule has 0 unspecified atom stereocenters. The lowest BCUT2D eigenvalue weighted by Gasteiger charge is -2.45. The van der Waals surface area contributed by atoms with Crippen LogP contribution in [0.15, 0.2) is 18.2 Å². The topological polar surface area (TPSA) is 110 Å². The molecule has 1 amide bonds. The van der Waals surface area contributed by atoms with E-state index in [2.05, 4.69) is 21.4 Å². The quantitative estimate of drug-likeness (QED) is 0.224. The zero-order chi connectivity index (χ0) is 33.0. The predicted molar refractivity (Wildman–Crippen MR) is 166 cm³/mol. The zero-order valence-electron chi connectivity index (χ0n) is 25.5. The lowest BCUT2D eigenvalue weighted by molar-refractivity contribution is -0.137. The number of alkyl halides is 3. The number of aromatic nitrogens is 3. The summed E-state index contributed by atoms with van der Waals surface area (Å²) in [6.07, 6.45) is 0.0631. The van der Waals surface area contributed by atoms with Gasteiger partial charge in [0.15, 0.2) is 11.6 Å². The van der Waals surface area contributed by atoms with Gasteiger partial charge in [0.1, 0.15) is 30.4 Å². The Morgan fingerprint density at radius 1 is 1.26 bits per heavy atom. The number of piperazine rings is 1. The smallest absolute Gasteiger partial charge is 0.418 e. The molecule has 0 radical (unpaired) electrons. The van der Waals surface area contributed by atoms with Gasteiger partial charge >= 0.3 is 12.2 Å². The normalized spacial score (nSPS) is 26.8. The summed E-state index contributed by atoms with van der Waals surface area (Å²) in [5.41, 5.74) is 3.60. The molecule has 0 aliphatic carbocycles. The number of nitrogen functional groups attached to an aromatic ring is 1. The number of aryl methyl sites for hydroxylation is 1. The Bertz CT molecular complexity index is 1860. The monoisotopic (exact) mass is 673 g/mol. The third-order valence-corrected chi connectivity index (χ3v) is 10.9. The van der Waals surface area contributed by atoms with Crippen molar-refractivity contribution in [2.45, 2.75) is 68.9 Å². The molecule has 7 heterocycles. The molecular formula is C32H32ClF4N7O3. The van der Waals surface area contributed by atoms with Gasteiger partial charge in [-0.05, 0) is 57.2 Å². The second-order valence-electron chi connectivity index (χ2n) is 13.3. The van der Waals surface area contributed by atoms with Crippen molar-refractivity contribution >= 4 is 40.5 Å². The molecule has 4 saturated heterocycles. The van der Waals surface area contributed by atoms with E-state index in [1.54, 1.807) is 4.90 Å². The van der Waals surface area contributed by atoms with Gasteiger partial charge in [0, 0.05) is 19.1 Å². The van der Waals surface area contributed by atoms with E-state index in [0.717, 1.165) is 63.2 Å². The van der Waals surface area contributed by atoms with E-state index in [0.29, 0.717) is 12.4 Å². The summed E-state index contributed by atoms with van der Waals surface area (Å²) in [5, 5.41) is -0.284. The molecule has 4 fully saturated rings. The third-order valence-electron chi connectivity index (χ3n) is 10.5. The standard InChI is InChI=1S/C32H32ClF4N7O3/c1-15-9-31(6-3-7-42(31)10-15)13-47-30-40-27-22-28(46-12-19-18-5-4-17(44(18)14-45)11-43(19)29(22)41-30)24(33)21(25(27)34)26-23(32(35,36)37)16(2)8-20(38)39-26/h8,14,17-19H,1,3-7,9-13H2,2H3,(H2,38,39)/t17-,18+,19-,31+/m1/s1. The van der Waals surface area contributed by atoms with Gasteiger partial charge in [0.05, 0.1) is 44.9 Å². The lowest BCUT2D eigenvalue weighted by atomic mass is 9.94. The van der Waals surface area contributed by atoms with E-state index in [9.17, 15) is 18.0 Å². The highest BCUT2D eigenvalue weighted by Crippen LogP contribution is 2.52. The van der Waals surface area contributed by atoms with Crippen molar-refractivity contribution in [2.75, 3.05) is 43.5 Å². The minimum atomic E-state index is -4.90. The third kappa shape index (κ3) is 4.54. The summed E-state index contributed by atoms with van der Waals surface area (Å²) in [6, 6.07) is 0.243. The Morgan fingerprint density at radius 3 is 2.83 bits per heavy atom. The molecule has 3 aromatic rings. The van der Waals surface area contributed by atoms with Crippen LogP contribution in [0.5, 0.6) is 11.8 Å². The molecule has 0 spiro atoms. The van der Waals surface area contributed by atoms with Crippen LogP contribution in [0, 0.1) is 12.7 Å². The van der Waals surface area contributed by atoms with Crippen LogP contribution in [-0.2, 0) is 11.0 Å². The Kier molecular flexibility index (Phi) is 6.83. The number of rotatable bonds is 5. The van der Waals surface area contributed by atoms with E-state index < -0.39 is 33.8 Å². The molecule has 0 saturated carbocycles. The number of amides is 1. The second kappa shape index (κ2) is 10.5. The van der Waals surface area contributed by atoms with Crippen molar-refractivity contribution in [1.29, 1.82) is 0 Å². The van der Waals surface area contributed by atoms with Crippen LogP contribution in [0.3, 0.4) is 0 Å². The molecule has 2 bridgehead atoms. The number of benzene rings is 1. The van der Waals surface area contributed by atoms with Gasteiger partial charge in [-0.3, -0.25) is 9.69 Å². The van der Waals surface area contributed by atoms with Crippen molar-refractivity contribution in [1.82, 2.24) is 24.8 Å². The summed E-state index contributed by atoms with van der Waals surface area (Å²) in [6.45, 7) is 7.71. The van der Waals surface area contributed by atoms with Gasteiger partial charge in [-0.1, -0.05) is 23.8 Å². The summed E-state index contributed by atoms with van der Waals surface area (Å²) in [7, 11) is 0. The molecular weight excluding hydrogens is 642 g/mol. The van der Waals surface area contributed by atoms with Gasteiger partial charge in [-0.25, -0.2) is 9.37 Å². The number of hydrogen-bond donors (Lipinski definition) is 1. The molecule has 248 valence electrons. The minimum absolute atomic E-state index is 0.0177. The SMILES string of the molecule is C=C1CN2CCC[C@@]2(COc2nc3c4c(c(Cl)c(-c5nc(N)cc(C)c5C(F)(F)F)c(F)c4n2)OC[C@@H]2[C@@H]4CC[C@H](CN32)N4C=O)C1. The fourth-order valence-corrected chi connectivity index (χ4v) is 8.91. The highest BCUT2D eigenvalue weighted by molar-refractivity contribution is 6.36. The molecule has 1 aromatic carbocycles. The number of fused-ring (bicyclic) bond motifs is 6. The van der Waals surface area contributed by atoms with Gasteiger partial charge in [-0.2, -0.15) is 23.1 Å². The molecule has 5 aliphatic heterocycles. The summed E-state index contributed by atoms with van der Waals surface area (Å²) < 4.78 is 72.9. The minimum Gasteiger partial charge on any atom is -0.489 e. The van der Waals surface area contributed by atoms with Gasteiger partial charge in [0.25, 0.3) is 0 Å². The number of hydrogen-bond acceptors (Lipinski definition) is 9. The molecule has 2 N–H and O–H groups in total. The predicted octanol–water partition coefficient (Wildman–Crippen LogP) is 5.14. The average Bonchev–Trinajstić information content (AvgIpc) is 3.59. The zero-order valence-corrected chi connectivity index (χ0v) is 26.3. The number of ether oxygens (including phenoxy) is 2. The molecule has 10 nitrogen and oxygen atoms in total. The number of nitrogens with two attached hydrogens (primary N) is 1. The van der Waals surface area contributed by atoms with Crippen LogP contribution in [0.1, 0.15) is 43.2 Å². The van der Waals surface area contributed by atoms with E-state index in [1.807, 2.05) is 4.90 Å². The van der Waals surface area contributed by atoms with Crippen LogP contribution >= 0.6 is 11.6 Å². The van der Waals surface area contributed by atoms with Crippen LogP contribution in [-0.4, -0.2) is 87.7 Å². The number of carbonyl (C=O) groups is 1. The molecule has 2 aromatic heterocycles. The number of carbonyl (C=O) groups excluding carboxylic acids is 1. The molecule has 4 atom stereocenters. The molecule has 47 heavy (non-hydrogen) atoms.